The van der Waals surface area contributed by atoms with E-state index in [0.717, 1.165) is 6.07 Å². The molecule has 2 atom stereocenters. The number of alkyl halides is 4. The fraction of sp³-hybridized carbons (Fsp3) is 0.444. The number of rotatable bonds is 3. The lowest BCUT2D eigenvalue weighted by Crippen LogP contribution is -2.49. The number of hydrogen-bond acceptors (Lipinski definition) is 3. The molecule has 142 valence electrons. The predicted molar refractivity (Wildman–Crippen MR) is 88.9 cm³/mol. The fourth-order valence-electron chi connectivity index (χ4n) is 3.57. The summed E-state index contributed by atoms with van der Waals surface area (Å²) >= 11 is 5.93. The third kappa shape index (κ3) is 3.35. The Hall–Kier alpha value is -1.57. The van der Waals surface area contributed by atoms with Crippen molar-refractivity contribution in [1.82, 2.24) is 4.90 Å². The van der Waals surface area contributed by atoms with Crippen molar-refractivity contribution >= 4 is 11.6 Å². The molecule has 1 aromatic rings. The summed E-state index contributed by atoms with van der Waals surface area (Å²) in [7, 11) is 0. The third-order valence-corrected chi connectivity index (χ3v) is 5.26. The summed E-state index contributed by atoms with van der Waals surface area (Å²) in [5, 5.41) is 19.9. The first-order valence-electron chi connectivity index (χ1n) is 8.18. The summed E-state index contributed by atoms with van der Waals surface area (Å²) in [6.07, 6.45) is -1.97. The first kappa shape index (κ1) is 19.2. The molecule has 0 radical (unpaired) electrons. The summed E-state index contributed by atoms with van der Waals surface area (Å²) < 4.78 is 53.8. The lowest BCUT2D eigenvalue weighted by atomic mass is 9.81. The van der Waals surface area contributed by atoms with Gasteiger partial charge in [-0.2, -0.15) is 13.2 Å². The van der Waals surface area contributed by atoms with E-state index in [0.29, 0.717) is 18.4 Å². The van der Waals surface area contributed by atoms with Crippen LogP contribution >= 0.6 is 11.6 Å². The molecule has 0 spiro atoms. The van der Waals surface area contributed by atoms with Gasteiger partial charge in [0.2, 0.25) is 0 Å². The smallest absolute Gasteiger partial charge is 0.393 e. The predicted octanol–water partition coefficient (Wildman–Crippen LogP) is 4.19. The molecule has 3 rings (SSSR count). The summed E-state index contributed by atoms with van der Waals surface area (Å²) in [5.41, 5.74) is -1.64. The van der Waals surface area contributed by atoms with Crippen molar-refractivity contribution in [2.45, 2.75) is 43.9 Å². The van der Waals surface area contributed by atoms with Crippen molar-refractivity contribution < 1.29 is 27.8 Å². The van der Waals surface area contributed by atoms with Crippen LogP contribution in [0.15, 0.2) is 41.6 Å². The van der Waals surface area contributed by atoms with Gasteiger partial charge >= 0.3 is 6.18 Å². The van der Waals surface area contributed by atoms with E-state index in [1.165, 1.54) is 23.1 Å². The van der Waals surface area contributed by atoms with Gasteiger partial charge < -0.3 is 15.1 Å². The first-order chi connectivity index (χ1) is 12.2. The van der Waals surface area contributed by atoms with Crippen LogP contribution in [-0.2, 0) is 12.7 Å². The van der Waals surface area contributed by atoms with Crippen LogP contribution in [0.25, 0.3) is 0 Å². The maximum Gasteiger partial charge on any atom is 0.417 e. The SMILES string of the molecule is OCC1(O)CCCC2=C1N(Cc1cccc(C(F)(F)F)c1Cl)C(F)C=C2. The minimum atomic E-state index is -4.62. The van der Waals surface area contributed by atoms with Crippen LogP contribution in [0.5, 0.6) is 0 Å². The van der Waals surface area contributed by atoms with Crippen molar-refractivity contribution in [3.8, 4) is 0 Å². The van der Waals surface area contributed by atoms with Gasteiger partial charge in [0.15, 0.2) is 6.30 Å². The zero-order valence-corrected chi connectivity index (χ0v) is 14.5. The molecular formula is C18H18ClF4NO2. The van der Waals surface area contributed by atoms with Gasteiger partial charge in [-0.1, -0.05) is 29.8 Å². The second-order valence-corrected chi connectivity index (χ2v) is 6.93. The second kappa shape index (κ2) is 6.87. The van der Waals surface area contributed by atoms with E-state index in [1.54, 1.807) is 6.08 Å². The molecule has 8 heteroatoms. The number of nitrogens with zero attached hydrogens (tertiary/aromatic N) is 1. The van der Waals surface area contributed by atoms with E-state index < -0.39 is 35.3 Å². The van der Waals surface area contributed by atoms with Gasteiger partial charge in [0, 0.05) is 6.54 Å². The molecule has 1 aliphatic carbocycles. The zero-order valence-electron chi connectivity index (χ0n) is 13.7. The summed E-state index contributed by atoms with van der Waals surface area (Å²) in [4.78, 5) is 1.17. The van der Waals surface area contributed by atoms with E-state index in [9.17, 15) is 27.8 Å². The Balaban J connectivity index is 2.01. The molecule has 2 unspecified atom stereocenters. The highest BCUT2D eigenvalue weighted by molar-refractivity contribution is 6.32. The second-order valence-electron chi connectivity index (χ2n) is 6.55. The molecule has 0 aromatic heterocycles. The topological polar surface area (TPSA) is 43.7 Å². The van der Waals surface area contributed by atoms with Crippen LogP contribution in [0.4, 0.5) is 17.6 Å². The van der Waals surface area contributed by atoms with Crippen molar-refractivity contribution in [1.29, 1.82) is 0 Å². The van der Waals surface area contributed by atoms with Gasteiger partial charge in [-0.3, -0.25) is 0 Å². The van der Waals surface area contributed by atoms with E-state index in [4.69, 9.17) is 11.6 Å². The molecule has 0 saturated carbocycles. The van der Waals surface area contributed by atoms with Crippen molar-refractivity contribution in [2.75, 3.05) is 6.61 Å². The van der Waals surface area contributed by atoms with Crippen molar-refractivity contribution in [2.24, 2.45) is 0 Å². The Morgan fingerprint density at radius 1 is 1.31 bits per heavy atom. The summed E-state index contributed by atoms with van der Waals surface area (Å²) in [5.74, 6) is 0. The monoisotopic (exact) mass is 391 g/mol. The largest absolute Gasteiger partial charge is 0.417 e. The Labute approximate surface area is 153 Å². The zero-order chi connectivity index (χ0) is 19.1. The van der Waals surface area contributed by atoms with Crippen LogP contribution in [0, 0.1) is 0 Å². The van der Waals surface area contributed by atoms with E-state index in [1.807, 2.05) is 0 Å². The van der Waals surface area contributed by atoms with Crippen LogP contribution in [0.1, 0.15) is 30.4 Å². The molecule has 2 aliphatic rings. The average molecular weight is 392 g/mol. The molecule has 1 aromatic carbocycles. The van der Waals surface area contributed by atoms with Gasteiger partial charge in [-0.25, -0.2) is 4.39 Å². The number of aliphatic hydroxyl groups is 2. The number of aliphatic hydroxyl groups excluding tert-OH is 1. The van der Waals surface area contributed by atoms with Crippen LogP contribution in [0.2, 0.25) is 5.02 Å². The van der Waals surface area contributed by atoms with Crippen LogP contribution in [-0.4, -0.2) is 33.6 Å². The third-order valence-electron chi connectivity index (χ3n) is 4.81. The minimum absolute atomic E-state index is 0.0946. The van der Waals surface area contributed by atoms with Crippen molar-refractivity contribution in [3.63, 3.8) is 0 Å². The number of halogens is 5. The Morgan fingerprint density at radius 2 is 2.04 bits per heavy atom. The highest BCUT2D eigenvalue weighted by Crippen LogP contribution is 2.42. The minimum Gasteiger partial charge on any atom is -0.393 e. The number of hydrogen-bond donors (Lipinski definition) is 2. The van der Waals surface area contributed by atoms with Gasteiger partial charge in [-0.15, -0.1) is 0 Å². The van der Waals surface area contributed by atoms with E-state index in [2.05, 4.69) is 0 Å². The van der Waals surface area contributed by atoms with Crippen LogP contribution in [0.3, 0.4) is 0 Å². The van der Waals surface area contributed by atoms with Crippen molar-refractivity contribution in [3.05, 3.63) is 57.8 Å². The van der Waals surface area contributed by atoms with Gasteiger partial charge in [-0.05, 0) is 42.5 Å². The van der Waals surface area contributed by atoms with Gasteiger partial charge in [0.25, 0.3) is 0 Å². The summed E-state index contributed by atoms with van der Waals surface area (Å²) in [6, 6.07) is 3.47. The summed E-state index contributed by atoms with van der Waals surface area (Å²) in [6.45, 7) is -0.853. The molecule has 0 amide bonds. The molecule has 0 saturated heterocycles. The Bertz CT molecular complexity index is 762. The fourth-order valence-corrected chi connectivity index (χ4v) is 3.86. The Kier molecular flexibility index (Phi) is 5.07. The standard InChI is InChI=1S/C18H18ClF4NO2/c19-15-12(3-1-5-13(15)18(21,22)23)9-24-14(20)7-6-11-4-2-8-17(26,10-25)16(11)24/h1,3,5-7,14,25-26H,2,4,8-10H2. The lowest BCUT2D eigenvalue weighted by molar-refractivity contribution is -0.137. The normalized spacial score (nSPS) is 26.3. The molecular weight excluding hydrogens is 374 g/mol. The van der Waals surface area contributed by atoms with Gasteiger partial charge in [0.1, 0.15) is 5.60 Å². The van der Waals surface area contributed by atoms with E-state index >= 15 is 0 Å². The molecule has 3 nitrogen and oxygen atoms in total. The van der Waals surface area contributed by atoms with E-state index in [-0.39, 0.29) is 24.2 Å². The van der Waals surface area contributed by atoms with Gasteiger partial charge in [0.05, 0.1) is 22.9 Å². The van der Waals surface area contributed by atoms with Crippen LogP contribution < -0.4 is 0 Å². The quantitative estimate of drug-likeness (QED) is 0.600. The molecule has 0 fully saturated rings. The molecule has 1 heterocycles. The first-order valence-corrected chi connectivity index (χ1v) is 8.55. The Morgan fingerprint density at radius 3 is 2.69 bits per heavy atom. The molecule has 2 N–H and O–H groups in total. The maximum absolute atomic E-state index is 14.6. The molecule has 1 aliphatic heterocycles. The highest BCUT2D eigenvalue weighted by Gasteiger charge is 2.42. The highest BCUT2D eigenvalue weighted by atomic mass is 35.5. The number of benzene rings is 1. The molecule has 26 heavy (non-hydrogen) atoms. The maximum atomic E-state index is 14.6. The molecule has 0 bridgehead atoms. The lowest BCUT2D eigenvalue weighted by Gasteiger charge is -2.44. The average Bonchev–Trinajstić information content (AvgIpc) is 2.58. The number of allylic oxidation sites excluding steroid dienone is 2.